The van der Waals surface area contributed by atoms with Crippen LogP contribution in [0.25, 0.3) is 0 Å². The quantitative estimate of drug-likeness (QED) is 0.823. The third-order valence-electron chi connectivity index (χ3n) is 3.44. The molecule has 1 saturated heterocycles. The maximum atomic E-state index is 4.33. The van der Waals surface area contributed by atoms with Gasteiger partial charge in [0.25, 0.3) is 0 Å². The molecule has 5 heteroatoms. The van der Waals surface area contributed by atoms with Crippen molar-refractivity contribution in [1.82, 2.24) is 15.1 Å². The Labute approximate surface area is 108 Å². The van der Waals surface area contributed by atoms with Gasteiger partial charge in [0.05, 0.1) is 0 Å². The van der Waals surface area contributed by atoms with E-state index < -0.39 is 0 Å². The van der Waals surface area contributed by atoms with Crippen molar-refractivity contribution in [2.45, 2.75) is 39.2 Å². The van der Waals surface area contributed by atoms with E-state index in [-0.39, 0.29) is 0 Å². The number of aryl methyl sites for hydroxylation is 1. The van der Waals surface area contributed by atoms with Gasteiger partial charge in [-0.05, 0) is 19.9 Å². The fraction of sp³-hybridized carbons (Fsp3) is 0.833. The molecular formula is C12H22N4S. The van der Waals surface area contributed by atoms with Crippen molar-refractivity contribution in [2.75, 3.05) is 31.6 Å². The topological polar surface area (TPSA) is 32.3 Å². The number of rotatable bonds is 4. The molecule has 1 aliphatic rings. The molecule has 0 bridgehead atoms. The minimum absolute atomic E-state index is 0.655. The standard InChI is InChI=1S/C12H22N4S/c1-4-6-11-13-14-12(17-11)16-8-7-15(3)10(5-2)9-16/h10H,4-9H2,1-3H3/t10-/m1/s1. The molecule has 1 aliphatic heterocycles. The molecule has 1 fully saturated rings. The molecule has 0 radical (unpaired) electrons. The summed E-state index contributed by atoms with van der Waals surface area (Å²) in [5, 5.41) is 10.9. The Kier molecular flexibility index (Phi) is 4.34. The summed E-state index contributed by atoms with van der Waals surface area (Å²) in [7, 11) is 2.22. The number of likely N-dealkylation sites (N-methyl/N-ethyl adjacent to an activating group) is 1. The normalized spacial score (nSPS) is 22.1. The van der Waals surface area contributed by atoms with E-state index in [9.17, 15) is 0 Å². The Morgan fingerprint density at radius 3 is 2.82 bits per heavy atom. The van der Waals surface area contributed by atoms with Crippen molar-refractivity contribution >= 4 is 16.5 Å². The second-order valence-electron chi connectivity index (χ2n) is 4.72. The van der Waals surface area contributed by atoms with Crippen molar-refractivity contribution < 1.29 is 0 Å². The largest absolute Gasteiger partial charge is 0.344 e. The lowest BCUT2D eigenvalue weighted by Gasteiger charge is -2.38. The van der Waals surface area contributed by atoms with Crippen LogP contribution in [0.15, 0.2) is 0 Å². The zero-order chi connectivity index (χ0) is 12.3. The smallest absolute Gasteiger partial charge is 0.208 e. The van der Waals surface area contributed by atoms with Crippen LogP contribution >= 0.6 is 11.3 Å². The van der Waals surface area contributed by atoms with E-state index >= 15 is 0 Å². The van der Waals surface area contributed by atoms with Crippen LogP contribution in [0.4, 0.5) is 5.13 Å². The number of piperazine rings is 1. The van der Waals surface area contributed by atoms with E-state index in [2.05, 4.69) is 40.9 Å². The Bertz CT molecular complexity index is 352. The van der Waals surface area contributed by atoms with E-state index in [0.29, 0.717) is 6.04 Å². The third kappa shape index (κ3) is 2.96. The fourth-order valence-electron chi connectivity index (χ4n) is 2.25. The lowest BCUT2D eigenvalue weighted by atomic mass is 10.1. The molecule has 1 aromatic rings. The van der Waals surface area contributed by atoms with Gasteiger partial charge in [-0.1, -0.05) is 25.2 Å². The summed E-state index contributed by atoms with van der Waals surface area (Å²) in [5.74, 6) is 0. The van der Waals surface area contributed by atoms with E-state index in [1.54, 1.807) is 11.3 Å². The first kappa shape index (κ1) is 12.8. The molecule has 0 amide bonds. The lowest BCUT2D eigenvalue weighted by molar-refractivity contribution is 0.213. The minimum Gasteiger partial charge on any atom is -0.344 e. The number of nitrogens with zero attached hydrogens (tertiary/aromatic N) is 4. The molecule has 96 valence electrons. The Balaban J connectivity index is 2.01. The molecule has 0 spiro atoms. The second kappa shape index (κ2) is 5.78. The highest BCUT2D eigenvalue weighted by atomic mass is 32.1. The predicted molar refractivity (Wildman–Crippen MR) is 72.8 cm³/mol. The average Bonchev–Trinajstić information content (AvgIpc) is 2.79. The van der Waals surface area contributed by atoms with Gasteiger partial charge >= 0.3 is 0 Å². The first-order valence-electron chi connectivity index (χ1n) is 6.52. The first-order valence-corrected chi connectivity index (χ1v) is 7.33. The molecule has 4 nitrogen and oxygen atoms in total. The predicted octanol–water partition coefficient (Wildman–Crippen LogP) is 2.02. The van der Waals surface area contributed by atoms with Gasteiger partial charge in [0.2, 0.25) is 5.13 Å². The summed E-state index contributed by atoms with van der Waals surface area (Å²) < 4.78 is 0. The molecule has 0 N–H and O–H groups in total. The maximum absolute atomic E-state index is 4.33. The summed E-state index contributed by atoms with van der Waals surface area (Å²) in [4.78, 5) is 4.84. The summed E-state index contributed by atoms with van der Waals surface area (Å²) in [6, 6.07) is 0.655. The molecule has 17 heavy (non-hydrogen) atoms. The van der Waals surface area contributed by atoms with Crippen molar-refractivity contribution in [2.24, 2.45) is 0 Å². The Hall–Kier alpha value is -0.680. The molecule has 0 aromatic carbocycles. The molecule has 1 aromatic heterocycles. The highest BCUT2D eigenvalue weighted by Crippen LogP contribution is 2.24. The number of aromatic nitrogens is 2. The second-order valence-corrected chi connectivity index (χ2v) is 5.76. The van der Waals surface area contributed by atoms with Crippen LogP contribution in [0.1, 0.15) is 31.7 Å². The van der Waals surface area contributed by atoms with Crippen LogP contribution in [-0.2, 0) is 6.42 Å². The highest BCUT2D eigenvalue weighted by Gasteiger charge is 2.24. The molecule has 2 heterocycles. The SMILES string of the molecule is CCCc1nnc(N2CCN(C)[C@H](CC)C2)s1. The van der Waals surface area contributed by atoms with Gasteiger partial charge < -0.3 is 4.90 Å². The maximum Gasteiger partial charge on any atom is 0.208 e. The van der Waals surface area contributed by atoms with Crippen LogP contribution in [0.2, 0.25) is 0 Å². The number of anilines is 1. The summed E-state index contributed by atoms with van der Waals surface area (Å²) >= 11 is 1.76. The van der Waals surface area contributed by atoms with Gasteiger partial charge in [0.1, 0.15) is 5.01 Å². The minimum atomic E-state index is 0.655. The molecular weight excluding hydrogens is 232 g/mol. The summed E-state index contributed by atoms with van der Waals surface area (Å²) in [6.45, 7) is 7.74. The molecule has 0 aliphatic carbocycles. The van der Waals surface area contributed by atoms with Gasteiger partial charge in [-0.3, -0.25) is 4.90 Å². The summed E-state index contributed by atoms with van der Waals surface area (Å²) in [5.41, 5.74) is 0. The van der Waals surface area contributed by atoms with Crippen LogP contribution < -0.4 is 4.90 Å². The van der Waals surface area contributed by atoms with E-state index in [0.717, 1.165) is 37.6 Å². The fourth-order valence-corrected chi connectivity index (χ4v) is 3.22. The van der Waals surface area contributed by atoms with Gasteiger partial charge in [0.15, 0.2) is 0 Å². The van der Waals surface area contributed by atoms with Crippen molar-refractivity contribution in [3.8, 4) is 0 Å². The number of hydrogen-bond acceptors (Lipinski definition) is 5. The summed E-state index contributed by atoms with van der Waals surface area (Å²) in [6.07, 6.45) is 3.41. The monoisotopic (exact) mass is 254 g/mol. The number of hydrogen-bond donors (Lipinski definition) is 0. The zero-order valence-electron chi connectivity index (χ0n) is 11.0. The molecule has 2 rings (SSSR count). The molecule has 0 unspecified atom stereocenters. The molecule has 1 atom stereocenters. The third-order valence-corrected chi connectivity index (χ3v) is 4.48. The van der Waals surface area contributed by atoms with Gasteiger partial charge in [-0.2, -0.15) is 0 Å². The van der Waals surface area contributed by atoms with E-state index in [1.165, 1.54) is 11.4 Å². The average molecular weight is 254 g/mol. The van der Waals surface area contributed by atoms with E-state index in [1.807, 2.05) is 0 Å². The van der Waals surface area contributed by atoms with Gasteiger partial charge in [0, 0.05) is 32.1 Å². The van der Waals surface area contributed by atoms with E-state index in [4.69, 9.17) is 0 Å². The first-order chi connectivity index (χ1) is 8.24. The molecule has 0 saturated carbocycles. The zero-order valence-corrected chi connectivity index (χ0v) is 11.8. The van der Waals surface area contributed by atoms with Crippen molar-refractivity contribution in [3.63, 3.8) is 0 Å². The van der Waals surface area contributed by atoms with Crippen LogP contribution in [0, 0.1) is 0 Å². The van der Waals surface area contributed by atoms with Crippen molar-refractivity contribution in [1.29, 1.82) is 0 Å². The highest BCUT2D eigenvalue weighted by molar-refractivity contribution is 7.15. The van der Waals surface area contributed by atoms with Crippen LogP contribution in [-0.4, -0.2) is 47.8 Å². The lowest BCUT2D eigenvalue weighted by Crippen LogP contribution is -2.51. The van der Waals surface area contributed by atoms with Gasteiger partial charge in [-0.15, -0.1) is 10.2 Å². The van der Waals surface area contributed by atoms with Crippen LogP contribution in [0.3, 0.4) is 0 Å². The van der Waals surface area contributed by atoms with Crippen LogP contribution in [0.5, 0.6) is 0 Å². The Morgan fingerprint density at radius 1 is 1.29 bits per heavy atom. The van der Waals surface area contributed by atoms with Gasteiger partial charge in [-0.25, -0.2) is 0 Å². The Morgan fingerprint density at radius 2 is 2.12 bits per heavy atom. The van der Waals surface area contributed by atoms with Crippen molar-refractivity contribution in [3.05, 3.63) is 5.01 Å².